The Hall–Kier alpha value is -3.69. The lowest BCUT2D eigenvalue weighted by Crippen LogP contribution is -2.28. The van der Waals surface area contributed by atoms with Crippen LogP contribution in [0.3, 0.4) is 0 Å². The quantitative estimate of drug-likeness (QED) is 0.329. The van der Waals surface area contributed by atoms with E-state index in [1.54, 1.807) is 46.9 Å². The normalized spacial score (nSPS) is 11.1. The predicted octanol–water partition coefficient (Wildman–Crippen LogP) is 5.36. The largest absolute Gasteiger partial charge is 0.483 e. The van der Waals surface area contributed by atoms with Gasteiger partial charge in [0.2, 0.25) is 0 Å². The molecule has 0 bridgehead atoms. The molecule has 0 radical (unpaired) electrons. The second-order valence-electron chi connectivity index (χ2n) is 7.31. The van der Waals surface area contributed by atoms with Gasteiger partial charge in [-0.1, -0.05) is 12.1 Å². The van der Waals surface area contributed by atoms with Crippen LogP contribution in [-0.4, -0.2) is 23.4 Å². The Bertz CT molecular complexity index is 1440. The molecule has 3 heterocycles. The Morgan fingerprint density at radius 1 is 1.15 bits per heavy atom. The molecule has 0 spiro atoms. The first-order chi connectivity index (χ1) is 16.1. The number of aromatic nitrogens is 1. The number of aryl methyl sites for hydroxylation is 1. The minimum absolute atomic E-state index is 0.0778. The van der Waals surface area contributed by atoms with Crippen LogP contribution in [0.15, 0.2) is 64.6 Å². The minimum Gasteiger partial charge on any atom is -0.483 e. The fourth-order valence-electron chi connectivity index (χ4n) is 3.41. The minimum atomic E-state index is -0.315. The van der Waals surface area contributed by atoms with E-state index in [2.05, 4.69) is 15.6 Å². The summed E-state index contributed by atoms with van der Waals surface area (Å²) >= 11 is 3.24. The summed E-state index contributed by atoms with van der Waals surface area (Å²) in [5.74, 6) is 0.406. The maximum absolute atomic E-state index is 12.4. The molecule has 2 aromatic carbocycles. The van der Waals surface area contributed by atoms with Crippen molar-refractivity contribution in [2.24, 2.45) is 0 Å². The highest BCUT2D eigenvalue weighted by Crippen LogP contribution is 2.38. The van der Waals surface area contributed by atoms with Gasteiger partial charge in [0.05, 0.1) is 26.2 Å². The van der Waals surface area contributed by atoms with E-state index in [1.807, 2.05) is 36.6 Å². The number of carbonyl (C=O) groups excluding carboxylic acids is 2. The molecule has 166 valence electrons. The smallest absolute Gasteiger partial charge is 0.291 e. The van der Waals surface area contributed by atoms with E-state index in [0.29, 0.717) is 18.0 Å². The van der Waals surface area contributed by atoms with Gasteiger partial charge in [-0.2, -0.15) is 0 Å². The van der Waals surface area contributed by atoms with E-state index < -0.39 is 0 Å². The van der Waals surface area contributed by atoms with Crippen molar-refractivity contribution in [3.05, 3.63) is 76.5 Å². The van der Waals surface area contributed by atoms with Crippen molar-refractivity contribution < 1.29 is 18.7 Å². The third-order valence-corrected chi connectivity index (χ3v) is 6.81. The Morgan fingerprint density at radius 3 is 2.79 bits per heavy atom. The first kappa shape index (κ1) is 21.2. The standard InChI is InChI=1S/C24H19N3O4S2/c1-14-26-22-20(33-14)11-19(17-8-10-32-23(17)22)31-13-21(28)25-12-15-4-6-16(7-5-15)27-24(29)18-3-2-9-30-18/h2-11H,12-13H2,1H3,(H,25,28)(H,27,29). The van der Waals surface area contributed by atoms with Gasteiger partial charge in [0.25, 0.3) is 11.8 Å². The third kappa shape index (κ3) is 4.59. The first-order valence-corrected chi connectivity index (χ1v) is 11.9. The van der Waals surface area contributed by atoms with E-state index in [4.69, 9.17) is 9.15 Å². The van der Waals surface area contributed by atoms with Crippen LogP contribution in [0.2, 0.25) is 0 Å². The van der Waals surface area contributed by atoms with Gasteiger partial charge in [0.1, 0.15) is 5.75 Å². The number of nitrogens with zero attached hydrogens (tertiary/aromatic N) is 1. The van der Waals surface area contributed by atoms with Crippen molar-refractivity contribution in [3.63, 3.8) is 0 Å². The number of benzene rings is 2. The highest BCUT2D eigenvalue weighted by molar-refractivity contribution is 7.21. The lowest BCUT2D eigenvalue weighted by Gasteiger charge is -2.10. The predicted molar refractivity (Wildman–Crippen MR) is 130 cm³/mol. The lowest BCUT2D eigenvalue weighted by atomic mass is 10.2. The Kier molecular flexibility index (Phi) is 5.80. The van der Waals surface area contributed by atoms with Crippen LogP contribution >= 0.6 is 22.7 Å². The van der Waals surface area contributed by atoms with E-state index in [1.165, 1.54) is 6.26 Å². The zero-order chi connectivity index (χ0) is 22.8. The highest BCUT2D eigenvalue weighted by Gasteiger charge is 2.14. The van der Waals surface area contributed by atoms with Crippen LogP contribution < -0.4 is 15.4 Å². The zero-order valence-corrected chi connectivity index (χ0v) is 19.2. The maximum Gasteiger partial charge on any atom is 0.291 e. The molecule has 0 saturated heterocycles. The molecule has 0 unspecified atom stereocenters. The molecule has 3 aromatic heterocycles. The molecule has 0 aliphatic rings. The summed E-state index contributed by atoms with van der Waals surface area (Å²) in [7, 11) is 0. The fourth-order valence-corrected chi connectivity index (χ4v) is 5.24. The molecule has 7 nitrogen and oxygen atoms in total. The average Bonchev–Trinajstić information content (AvgIpc) is 3.57. The number of hydrogen-bond acceptors (Lipinski definition) is 7. The van der Waals surface area contributed by atoms with Gasteiger partial charge >= 0.3 is 0 Å². The van der Waals surface area contributed by atoms with Crippen molar-refractivity contribution in [1.29, 1.82) is 0 Å². The SMILES string of the molecule is Cc1nc2c(cc(OCC(=O)NCc3ccc(NC(=O)c4ccco4)cc3)c3ccsc32)s1. The van der Waals surface area contributed by atoms with Gasteiger partial charge < -0.3 is 19.8 Å². The molecule has 0 fully saturated rings. The summed E-state index contributed by atoms with van der Waals surface area (Å²) in [5, 5.41) is 9.60. The van der Waals surface area contributed by atoms with Crippen molar-refractivity contribution >= 4 is 60.5 Å². The zero-order valence-electron chi connectivity index (χ0n) is 17.6. The summed E-state index contributed by atoms with van der Waals surface area (Å²) in [5.41, 5.74) is 2.53. The topological polar surface area (TPSA) is 93.5 Å². The number of fused-ring (bicyclic) bond motifs is 3. The van der Waals surface area contributed by atoms with E-state index >= 15 is 0 Å². The summed E-state index contributed by atoms with van der Waals surface area (Å²) < 4.78 is 13.1. The molecule has 0 aliphatic carbocycles. The monoisotopic (exact) mass is 477 g/mol. The van der Waals surface area contributed by atoms with Gasteiger partial charge in [0, 0.05) is 23.7 Å². The molecule has 5 rings (SSSR count). The van der Waals surface area contributed by atoms with Crippen molar-refractivity contribution in [2.45, 2.75) is 13.5 Å². The lowest BCUT2D eigenvalue weighted by molar-refractivity contribution is -0.123. The molecule has 0 atom stereocenters. The fraction of sp³-hybridized carbons (Fsp3) is 0.125. The molecule has 0 aliphatic heterocycles. The molecular formula is C24H19N3O4S2. The highest BCUT2D eigenvalue weighted by atomic mass is 32.1. The molecule has 33 heavy (non-hydrogen) atoms. The van der Waals surface area contributed by atoms with Crippen LogP contribution in [-0.2, 0) is 11.3 Å². The van der Waals surface area contributed by atoms with Crippen LogP contribution in [0.25, 0.3) is 20.3 Å². The van der Waals surface area contributed by atoms with E-state index in [9.17, 15) is 9.59 Å². The Morgan fingerprint density at radius 2 is 2.00 bits per heavy atom. The molecule has 5 aromatic rings. The molecular weight excluding hydrogens is 458 g/mol. The Balaban J connectivity index is 1.16. The number of nitrogens with one attached hydrogen (secondary N) is 2. The summed E-state index contributed by atoms with van der Waals surface area (Å²) in [6, 6.07) is 14.4. The van der Waals surface area contributed by atoms with Crippen molar-refractivity contribution in [3.8, 4) is 5.75 Å². The number of amides is 2. The number of rotatable bonds is 7. The maximum atomic E-state index is 12.4. The van der Waals surface area contributed by atoms with Crippen LogP contribution in [0.5, 0.6) is 5.75 Å². The van der Waals surface area contributed by atoms with Crippen molar-refractivity contribution in [1.82, 2.24) is 10.3 Å². The first-order valence-electron chi connectivity index (χ1n) is 10.2. The number of thiophene rings is 1. The molecule has 9 heteroatoms. The van der Waals surface area contributed by atoms with Crippen LogP contribution in [0, 0.1) is 6.92 Å². The molecule has 2 amide bonds. The number of hydrogen-bond donors (Lipinski definition) is 2. The van der Waals surface area contributed by atoms with Gasteiger partial charge in [-0.05, 0) is 48.2 Å². The summed E-state index contributed by atoms with van der Waals surface area (Å²) in [4.78, 5) is 29.0. The average molecular weight is 478 g/mol. The van der Waals surface area contributed by atoms with Crippen LogP contribution in [0.1, 0.15) is 21.1 Å². The molecule has 0 saturated carbocycles. The number of furan rings is 1. The summed E-state index contributed by atoms with van der Waals surface area (Å²) in [6.07, 6.45) is 1.45. The third-order valence-electron chi connectivity index (χ3n) is 4.97. The number of thiazole rings is 1. The van der Waals surface area contributed by atoms with E-state index in [0.717, 1.165) is 30.9 Å². The Labute approximate surface area is 197 Å². The van der Waals surface area contributed by atoms with E-state index in [-0.39, 0.29) is 24.2 Å². The van der Waals surface area contributed by atoms with Crippen LogP contribution in [0.4, 0.5) is 5.69 Å². The number of carbonyl (C=O) groups is 2. The number of anilines is 1. The van der Waals surface area contributed by atoms with Gasteiger partial charge in [-0.15, -0.1) is 22.7 Å². The van der Waals surface area contributed by atoms with Crippen molar-refractivity contribution in [2.75, 3.05) is 11.9 Å². The second kappa shape index (κ2) is 9.05. The van der Waals surface area contributed by atoms with Gasteiger partial charge in [-0.25, -0.2) is 4.98 Å². The second-order valence-corrected chi connectivity index (χ2v) is 9.46. The van der Waals surface area contributed by atoms with Gasteiger partial charge in [0.15, 0.2) is 12.4 Å². The summed E-state index contributed by atoms with van der Waals surface area (Å²) in [6.45, 7) is 2.26. The molecule has 2 N–H and O–H groups in total. The van der Waals surface area contributed by atoms with Gasteiger partial charge in [-0.3, -0.25) is 9.59 Å². The number of ether oxygens (including phenoxy) is 1.